The molecule has 2 aromatic carbocycles. The van der Waals surface area contributed by atoms with Gasteiger partial charge in [0.1, 0.15) is 0 Å². The van der Waals surface area contributed by atoms with Crippen molar-refractivity contribution >= 4 is 27.1 Å². The molecule has 8 heteroatoms. The topological polar surface area (TPSA) is 67.6 Å². The molecule has 0 aliphatic carbocycles. The van der Waals surface area contributed by atoms with E-state index in [9.17, 15) is 8.42 Å². The van der Waals surface area contributed by atoms with E-state index in [1.807, 2.05) is 89.9 Å². The van der Waals surface area contributed by atoms with Crippen LogP contribution in [0.3, 0.4) is 0 Å². The number of hydrogen-bond acceptors (Lipinski definition) is 5. The first-order valence-electron chi connectivity index (χ1n) is 10.2. The fourth-order valence-corrected chi connectivity index (χ4v) is 5.52. The van der Waals surface area contributed by atoms with Gasteiger partial charge in [-0.3, -0.25) is 0 Å². The third-order valence-corrected chi connectivity index (χ3v) is 7.40. The van der Waals surface area contributed by atoms with Crippen LogP contribution in [0, 0.1) is 6.92 Å². The summed E-state index contributed by atoms with van der Waals surface area (Å²) in [5, 5.41) is 11.4. The van der Waals surface area contributed by atoms with E-state index in [1.54, 1.807) is 11.3 Å². The monoisotopic (exact) mass is 462 g/mol. The van der Waals surface area contributed by atoms with Crippen molar-refractivity contribution in [1.82, 2.24) is 14.2 Å². The predicted octanol–water partition coefficient (Wildman–Crippen LogP) is 5.02. The zero-order valence-corrected chi connectivity index (χ0v) is 19.3. The highest BCUT2D eigenvalue weighted by Crippen LogP contribution is 2.40. The van der Waals surface area contributed by atoms with Gasteiger partial charge in [-0.05, 0) is 30.5 Å². The summed E-state index contributed by atoms with van der Waals surface area (Å²) >= 11 is 1.56. The van der Waals surface area contributed by atoms with Crippen molar-refractivity contribution < 1.29 is 8.42 Å². The second-order valence-corrected chi connectivity index (χ2v) is 10.6. The fourth-order valence-electron chi connectivity index (χ4n) is 3.90. The molecule has 4 aromatic rings. The Balaban J connectivity index is 1.66. The van der Waals surface area contributed by atoms with Crippen LogP contribution in [-0.4, -0.2) is 34.6 Å². The molecule has 0 unspecified atom stereocenters. The molecule has 32 heavy (non-hydrogen) atoms. The highest BCUT2D eigenvalue weighted by atomic mass is 32.2. The summed E-state index contributed by atoms with van der Waals surface area (Å²) in [4.78, 5) is 0.980. The van der Waals surface area contributed by atoms with Gasteiger partial charge in [0.15, 0.2) is 0 Å². The van der Waals surface area contributed by atoms with Gasteiger partial charge in [-0.1, -0.05) is 54.1 Å². The van der Waals surface area contributed by atoms with Crippen LogP contribution in [-0.2, 0) is 10.0 Å². The molecule has 2 aromatic heterocycles. The predicted molar refractivity (Wildman–Crippen MR) is 129 cm³/mol. The van der Waals surface area contributed by atoms with Crippen LogP contribution in [0.4, 0.5) is 0 Å². The van der Waals surface area contributed by atoms with Crippen LogP contribution in [0.5, 0.6) is 0 Å². The quantitative estimate of drug-likeness (QED) is 0.418. The van der Waals surface area contributed by atoms with E-state index in [0.29, 0.717) is 6.42 Å². The lowest BCUT2D eigenvalue weighted by Gasteiger charge is -2.21. The molecule has 6 nitrogen and oxygen atoms in total. The van der Waals surface area contributed by atoms with Crippen molar-refractivity contribution in [3.05, 3.63) is 94.3 Å². The first-order chi connectivity index (χ1) is 15.4. The summed E-state index contributed by atoms with van der Waals surface area (Å²) in [6.07, 6.45) is 3.63. The smallest absolute Gasteiger partial charge is 0.240 e. The SMILES string of the molecule is Cc1ccc(-c2nn(-c3ccccc3)cc2[C@@H]2CC(c3cccs3)=NN2S(C)(=O)=O)cc1. The first kappa shape index (κ1) is 20.7. The number of nitrogens with zero attached hydrogens (tertiary/aromatic N) is 4. The molecule has 0 amide bonds. The van der Waals surface area contributed by atoms with Gasteiger partial charge < -0.3 is 0 Å². The normalized spacial score (nSPS) is 16.4. The van der Waals surface area contributed by atoms with E-state index in [4.69, 9.17) is 5.10 Å². The van der Waals surface area contributed by atoms with Gasteiger partial charge >= 0.3 is 0 Å². The van der Waals surface area contributed by atoms with Crippen LogP contribution in [0.2, 0.25) is 0 Å². The highest BCUT2D eigenvalue weighted by molar-refractivity contribution is 7.88. The Hall–Kier alpha value is -3.23. The number of aryl methyl sites for hydroxylation is 1. The Kier molecular flexibility index (Phi) is 5.19. The number of hydrazone groups is 1. The van der Waals surface area contributed by atoms with Crippen molar-refractivity contribution in [2.75, 3.05) is 6.26 Å². The van der Waals surface area contributed by atoms with Gasteiger partial charge in [0, 0.05) is 23.7 Å². The first-order valence-corrected chi connectivity index (χ1v) is 13.0. The number of hydrogen-bond donors (Lipinski definition) is 0. The minimum absolute atomic E-state index is 0.462. The number of rotatable bonds is 5. The van der Waals surface area contributed by atoms with Gasteiger partial charge in [0.2, 0.25) is 10.0 Å². The van der Waals surface area contributed by atoms with Crippen LogP contribution in [0.25, 0.3) is 16.9 Å². The molecule has 0 radical (unpaired) electrons. The minimum Gasteiger partial charge on any atom is -0.240 e. The number of benzene rings is 2. The summed E-state index contributed by atoms with van der Waals surface area (Å²) in [5.74, 6) is 0. The number of thiophene rings is 1. The van der Waals surface area contributed by atoms with Gasteiger partial charge in [-0.15, -0.1) is 11.3 Å². The van der Waals surface area contributed by atoms with Crippen LogP contribution in [0.1, 0.15) is 28.5 Å². The lowest BCUT2D eigenvalue weighted by atomic mass is 9.98. The second-order valence-electron chi connectivity index (χ2n) is 7.86. The standard InChI is InChI=1S/C24H22N4O2S2/c1-17-10-12-18(13-11-17)24-20(16-27(26-24)19-7-4-3-5-8-19)22-15-21(23-9-6-14-31-23)25-28(22)32(2,29)30/h3-14,16,22H,15H2,1-2H3/t22-/m0/s1. The summed E-state index contributed by atoms with van der Waals surface area (Å²) in [5.41, 5.74) is 5.37. The average molecular weight is 463 g/mol. The summed E-state index contributed by atoms with van der Waals surface area (Å²) in [6.45, 7) is 2.04. The minimum atomic E-state index is -3.57. The summed E-state index contributed by atoms with van der Waals surface area (Å²) in [6, 6.07) is 21.4. The molecule has 1 atom stereocenters. The van der Waals surface area contributed by atoms with Crippen LogP contribution >= 0.6 is 11.3 Å². The largest absolute Gasteiger partial charge is 0.247 e. The van der Waals surface area contributed by atoms with Crippen LogP contribution < -0.4 is 0 Å². The van der Waals surface area contributed by atoms with E-state index >= 15 is 0 Å². The van der Waals surface area contributed by atoms with E-state index in [0.717, 1.165) is 38.7 Å². The molecule has 162 valence electrons. The molecule has 1 aliphatic rings. The lowest BCUT2D eigenvalue weighted by Crippen LogP contribution is -2.26. The van der Waals surface area contributed by atoms with Crippen molar-refractivity contribution in [2.45, 2.75) is 19.4 Å². The highest BCUT2D eigenvalue weighted by Gasteiger charge is 2.37. The van der Waals surface area contributed by atoms with Crippen molar-refractivity contribution in [1.29, 1.82) is 0 Å². The molecule has 0 saturated carbocycles. The summed E-state index contributed by atoms with van der Waals surface area (Å²) in [7, 11) is -3.57. The molecular formula is C24H22N4O2S2. The third-order valence-electron chi connectivity index (χ3n) is 5.47. The van der Waals surface area contributed by atoms with Crippen molar-refractivity contribution in [3.8, 4) is 16.9 Å². The lowest BCUT2D eigenvalue weighted by molar-refractivity contribution is 0.375. The number of sulfonamides is 1. The van der Waals surface area contributed by atoms with Crippen molar-refractivity contribution in [3.63, 3.8) is 0 Å². The fraction of sp³-hybridized carbons (Fsp3) is 0.167. The molecule has 0 saturated heterocycles. The Bertz CT molecular complexity index is 1370. The van der Waals surface area contributed by atoms with E-state index in [2.05, 4.69) is 5.10 Å². The maximum atomic E-state index is 12.7. The molecule has 1 aliphatic heterocycles. The zero-order chi connectivity index (χ0) is 22.3. The van der Waals surface area contributed by atoms with E-state index < -0.39 is 16.1 Å². The van der Waals surface area contributed by atoms with Gasteiger partial charge in [-0.25, -0.2) is 13.1 Å². The van der Waals surface area contributed by atoms with Crippen molar-refractivity contribution in [2.24, 2.45) is 5.10 Å². The van der Waals surface area contributed by atoms with Gasteiger partial charge in [0.05, 0.1) is 34.3 Å². The molecule has 3 heterocycles. The Morgan fingerprint density at radius 3 is 2.41 bits per heavy atom. The Morgan fingerprint density at radius 2 is 1.75 bits per heavy atom. The van der Waals surface area contributed by atoms with Crippen LogP contribution in [0.15, 0.2) is 83.4 Å². The Morgan fingerprint density at radius 1 is 1.00 bits per heavy atom. The second kappa shape index (κ2) is 8.03. The average Bonchev–Trinajstić information content (AvgIpc) is 3.52. The molecule has 0 fully saturated rings. The molecule has 0 N–H and O–H groups in total. The van der Waals surface area contributed by atoms with Gasteiger partial charge in [-0.2, -0.15) is 14.6 Å². The van der Waals surface area contributed by atoms with E-state index in [1.165, 1.54) is 10.7 Å². The van der Waals surface area contributed by atoms with E-state index in [-0.39, 0.29) is 0 Å². The molecule has 5 rings (SSSR count). The molecule has 0 bridgehead atoms. The zero-order valence-electron chi connectivity index (χ0n) is 17.7. The Labute approximate surface area is 191 Å². The summed E-state index contributed by atoms with van der Waals surface area (Å²) < 4.78 is 28.4. The molecule has 0 spiro atoms. The maximum absolute atomic E-state index is 12.7. The third kappa shape index (κ3) is 3.87. The molecular weight excluding hydrogens is 440 g/mol. The van der Waals surface area contributed by atoms with Gasteiger partial charge in [0.25, 0.3) is 0 Å². The maximum Gasteiger partial charge on any atom is 0.247 e. The number of aromatic nitrogens is 2. The number of para-hydroxylation sites is 1.